The number of aromatic nitrogens is 1. The van der Waals surface area contributed by atoms with E-state index in [1.165, 1.54) is 37.9 Å². The lowest BCUT2D eigenvalue weighted by Crippen LogP contribution is -2.29. The smallest absolute Gasteiger partial charge is 0.268 e. The van der Waals surface area contributed by atoms with E-state index in [1.807, 2.05) is 41.9 Å². The van der Waals surface area contributed by atoms with Crippen LogP contribution in [0.1, 0.15) is 40.9 Å². The highest BCUT2D eigenvalue weighted by atomic mass is 16.1. The minimum atomic E-state index is -0.0360. The summed E-state index contributed by atoms with van der Waals surface area (Å²) in [4.78, 5) is 15.1. The first-order valence-electron chi connectivity index (χ1n) is 9.83. The second kappa shape index (κ2) is 7.97. The van der Waals surface area contributed by atoms with Crippen molar-refractivity contribution in [1.29, 1.82) is 0 Å². The number of nitrogens with one attached hydrogen (secondary N) is 1. The van der Waals surface area contributed by atoms with Crippen LogP contribution in [0.5, 0.6) is 0 Å². The highest BCUT2D eigenvalue weighted by Gasteiger charge is 2.13. The Kier molecular flexibility index (Phi) is 5.26. The van der Waals surface area contributed by atoms with Crippen molar-refractivity contribution in [3.63, 3.8) is 0 Å². The van der Waals surface area contributed by atoms with Gasteiger partial charge in [-0.05, 0) is 49.2 Å². The monoisotopic (exact) mass is 361 g/mol. The molecule has 1 aliphatic heterocycles. The molecule has 3 aromatic rings. The zero-order valence-corrected chi connectivity index (χ0v) is 15.9. The number of amides is 1. The molecule has 1 aliphatic rings. The van der Waals surface area contributed by atoms with Gasteiger partial charge in [-0.2, -0.15) is 0 Å². The molecular formula is C23H27N3O. The van der Waals surface area contributed by atoms with Crippen LogP contribution >= 0.6 is 0 Å². The molecule has 4 nitrogen and oxygen atoms in total. The first-order valence-corrected chi connectivity index (χ1v) is 9.83. The van der Waals surface area contributed by atoms with Gasteiger partial charge < -0.3 is 9.88 Å². The molecule has 0 bridgehead atoms. The van der Waals surface area contributed by atoms with Gasteiger partial charge in [0.15, 0.2) is 0 Å². The Hall–Kier alpha value is -2.59. The molecule has 0 radical (unpaired) electrons. The first kappa shape index (κ1) is 17.8. The number of likely N-dealkylation sites (tertiary alicyclic amines) is 1. The molecule has 1 aromatic heterocycles. The third kappa shape index (κ3) is 4.06. The fourth-order valence-electron chi connectivity index (χ4n) is 3.92. The molecule has 4 rings (SSSR count). The van der Waals surface area contributed by atoms with Crippen LogP contribution in [0.15, 0.2) is 54.6 Å². The van der Waals surface area contributed by atoms with E-state index >= 15 is 0 Å². The van der Waals surface area contributed by atoms with E-state index in [1.54, 1.807) is 0 Å². The average Bonchev–Trinajstić information content (AvgIpc) is 3.05. The lowest BCUT2D eigenvalue weighted by Gasteiger charge is -2.26. The maximum Gasteiger partial charge on any atom is 0.268 e. The van der Waals surface area contributed by atoms with E-state index < -0.39 is 0 Å². The third-order valence-corrected chi connectivity index (χ3v) is 5.52. The Bertz CT molecular complexity index is 920. The topological polar surface area (TPSA) is 37.3 Å². The number of fused-ring (bicyclic) bond motifs is 1. The van der Waals surface area contributed by atoms with Gasteiger partial charge in [-0.1, -0.05) is 48.9 Å². The van der Waals surface area contributed by atoms with Gasteiger partial charge in [0.25, 0.3) is 5.91 Å². The Balaban J connectivity index is 1.36. The van der Waals surface area contributed by atoms with Crippen molar-refractivity contribution < 1.29 is 4.79 Å². The molecule has 2 aromatic carbocycles. The highest BCUT2D eigenvalue weighted by molar-refractivity contribution is 5.98. The maximum absolute atomic E-state index is 12.6. The Labute approximate surface area is 160 Å². The van der Waals surface area contributed by atoms with Gasteiger partial charge in [0, 0.05) is 31.0 Å². The average molecular weight is 361 g/mol. The van der Waals surface area contributed by atoms with Crippen molar-refractivity contribution in [3.8, 4) is 0 Å². The SMILES string of the molecule is Cn1c(C(=O)NCc2ccc(CN3CCCCC3)cc2)cc2ccccc21. The van der Waals surface area contributed by atoms with Gasteiger partial charge in [-0.25, -0.2) is 0 Å². The number of carbonyl (C=O) groups is 1. The number of hydrogen-bond donors (Lipinski definition) is 1. The number of carbonyl (C=O) groups excluding carboxylic acids is 1. The van der Waals surface area contributed by atoms with E-state index in [0.29, 0.717) is 12.2 Å². The number of benzene rings is 2. The lowest BCUT2D eigenvalue weighted by molar-refractivity contribution is 0.0943. The Morgan fingerprint density at radius 2 is 1.67 bits per heavy atom. The summed E-state index contributed by atoms with van der Waals surface area (Å²) in [6.45, 7) is 4.00. The van der Waals surface area contributed by atoms with Crippen LogP contribution in [0.25, 0.3) is 10.9 Å². The summed E-state index contributed by atoms with van der Waals surface area (Å²) < 4.78 is 1.95. The minimum Gasteiger partial charge on any atom is -0.347 e. The van der Waals surface area contributed by atoms with Crippen LogP contribution < -0.4 is 5.32 Å². The molecule has 0 unspecified atom stereocenters. The standard InChI is InChI=1S/C23H27N3O/c1-25-21-8-4-3-7-20(21)15-22(25)23(27)24-16-18-9-11-19(12-10-18)17-26-13-5-2-6-14-26/h3-4,7-12,15H,2,5-6,13-14,16-17H2,1H3,(H,24,27). The summed E-state index contributed by atoms with van der Waals surface area (Å²) in [7, 11) is 1.94. The number of nitrogens with zero attached hydrogens (tertiary/aromatic N) is 2. The zero-order valence-electron chi connectivity index (χ0n) is 15.9. The third-order valence-electron chi connectivity index (χ3n) is 5.52. The fraction of sp³-hybridized carbons (Fsp3) is 0.348. The van der Waals surface area contributed by atoms with Gasteiger partial charge >= 0.3 is 0 Å². The summed E-state index contributed by atoms with van der Waals surface area (Å²) in [6.07, 6.45) is 4.00. The van der Waals surface area contributed by atoms with Gasteiger partial charge in [0.1, 0.15) is 5.69 Å². The van der Waals surface area contributed by atoms with E-state index in [2.05, 4.69) is 34.5 Å². The number of aryl methyl sites for hydroxylation is 1. The van der Waals surface area contributed by atoms with Crippen molar-refractivity contribution in [1.82, 2.24) is 14.8 Å². The number of rotatable bonds is 5. The van der Waals surface area contributed by atoms with Gasteiger partial charge in [0.05, 0.1) is 0 Å². The second-order valence-electron chi connectivity index (χ2n) is 7.48. The minimum absolute atomic E-state index is 0.0360. The van der Waals surface area contributed by atoms with Crippen molar-refractivity contribution in [2.24, 2.45) is 7.05 Å². The van der Waals surface area contributed by atoms with E-state index in [9.17, 15) is 4.79 Å². The summed E-state index contributed by atoms with van der Waals surface area (Å²) in [5.41, 5.74) is 4.24. The van der Waals surface area contributed by atoms with Crippen LogP contribution in [0.3, 0.4) is 0 Å². The molecule has 0 spiro atoms. The molecule has 1 amide bonds. The molecule has 4 heteroatoms. The largest absolute Gasteiger partial charge is 0.347 e. The van der Waals surface area contributed by atoms with Gasteiger partial charge in [0.2, 0.25) is 0 Å². The molecule has 0 atom stereocenters. The maximum atomic E-state index is 12.6. The molecule has 0 aliphatic carbocycles. The van der Waals surface area contributed by atoms with Crippen molar-refractivity contribution in [2.75, 3.05) is 13.1 Å². The van der Waals surface area contributed by atoms with E-state index in [4.69, 9.17) is 0 Å². The summed E-state index contributed by atoms with van der Waals surface area (Å²) in [5.74, 6) is -0.0360. The number of piperidine rings is 1. The van der Waals surface area contributed by atoms with Crippen molar-refractivity contribution in [2.45, 2.75) is 32.4 Å². The highest BCUT2D eigenvalue weighted by Crippen LogP contribution is 2.18. The summed E-state index contributed by atoms with van der Waals surface area (Å²) in [6, 6.07) is 18.6. The zero-order chi connectivity index (χ0) is 18.6. The molecule has 2 heterocycles. The van der Waals surface area contributed by atoms with Crippen LogP contribution in [-0.2, 0) is 20.1 Å². The molecule has 0 saturated carbocycles. The second-order valence-corrected chi connectivity index (χ2v) is 7.48. The summed E-state index contributed by atoms with van der Waals surface area (Å²) >= 11 is 0. The van der Waals surface area contributed by atoms with E-state index in [0.717, 1.165) is 23.0 Å². The van der Waals surface area contributed by atoms with Crippen LogP contribution in [0, 0.1) is 0 Å². The van der Waals surface area contributed by atoms with Crippen molar-refractivity contribution in [3.05, 3.63) is 71.4 Å². The Morgan fingerprint density at radius 1 is 0.963 bits per heavy atom. The summed E-state index contributed by atoms with van der Waals surface area (Å²) in [5, 5.41) is 4.14. The van der Waals surface area contributed by atoms with Gasteiger partial charge in [-0.15, -0.1) is 0 Å². The normalized spacial score (nSPS) is 15.1. The quantitative estimate of drug-likeness (QED) is 0.743. The van der Waals surface area contributed by atoms with E-state index in [-0.39, 0.29) is 5.91 Å². The van der Waals surface area contributed by atoms with Crippen LogP contribution in [-0.4, -0.2) is 28.5 Å². The predicted molar refractivity (Wildman–Crippen MR) is 110 cm³/mol. The van der Waals surface area contributed by atoms with Crippen molar-refractivity contribution >= 4 is 16.8 Å². The van der Waals surface area contributed by atoms with Crippen LogP contribution in [0.2, 0.25) is 0 Å². The molecule has 27 heavy (non-hydrogen) atoms. The fourth-order valence-corrected chi connectivity index (χ4v) is 3.92. The number of para-hydroxylation sites is 1. The van der Waals surface area contributed by atoms with Gasteiger partial charge in [-0.3, -0.25) is 9.69 Å². The first-order chi connectivity index (χ1) is 13.2. The Morgan fingerprint density at radius 3 is 2.41 bits per heavy atom. The molecule has 1 fully saturated rings. The van der Waals surface area contributed by atoms with Crippen LogP contribution in [0.4, 0.5) is 0 Å². The number of hydrogen-bond acceptors (Lipinski definition) is 2. The molecular weight excluding hydrogens is 334 g/mol. The molecule has 1 saturated heterocycles. The molecule has 1 N–H and O–H groups in total. The predicted octanol–water partition coefficient (Wildman–Crippen LogP) is 4.09. The lowest BCUT2D eigenvalue weighted by atomic mass is 10.1. The molecule has 140 valence electrons.